The number of benzene rings is 2. The number of carbonyl (C=O) groups excluding carboxylic acids is 3. The highest BCUT2D eigenvalue weighted by molar-refractivity contribution is 6.35. The second kappa shape index (κ2) is 9.38. The van der Waals surface area contributed by atoms with Crippen molar-refractivity contribution in [3.8, 4) is 0 Å². The normalized spacial score (nSPS) is 17.6. The number of amides is 4. The number of hydrogen-bond donors (Lipinski definition) is 1. The predicted octanol–water partition coefficient (Wildman–Crippen LogP) is 3.00. The number of piperidine rings is 1. The molecule has 2 aliphatic rings. The monoisotopic (exact) mass is 438 g/mol. The Bertz CT molecular complexity index is 1000. The number of anilines is 1. The Labute approximate surface area is 186 Å². The molecule has 1 N–H and O–H groups in total. The Morgan fingerprint density at radius 1 is 1.00 bits per heavy atom. The van der Waals surface area contributed by atoms with Crippen molar-refractivity contribution < 1.29 is 18.8 Å². The molecule has 2 aromatic carbocycles. The SMILES string of the molecule is Cc1cccc(NC(=O)N2CCC(N3CCN(Cc4ccc(F)cc4)C(=O)C3=O)CC2)c1. The highest BCUT2D eigenvalue weighted by Crippen LogP contribution is 2.21. The number of nitrogens with zero attached hydrogens (tertiary/aromatic N) is 3. The maximum atomic E-state index is 13.1. The van der Waals surface area contributed by atoms with Crippen LogP contribution >= 0.6 is 0 Å². The number of carbonyl (C=O) groups is 3. The molecular weight excluding hydrogens is 411 g/mol. The molecule has 0 radical (unpaired) electrons. The first-order valence-corrected chi connectivity index (χ1v) is 10.9. The van der Waals surface area contributed by atoms with Gasteiger partial charge in [-0.15, -0.1) is 0 Å². The standard InChI is InChI=1S/C24H27FN4O3/c1-17-3-2-4-20(15-17)26-24(32)27-11-9-21(10-12-27)29-14-13-28(22(30)23(29)31)16-18-5-7-19(25)8-6-18/h2-8,15,21H,9-14,16H2,1H3,(H,26,32). The summed E-state index contributed by atoms with van der Waals surface area (Å²) in [4.78, 5) is 42.9. The van der Waals surface area contributed by atoms with E-state index in [1.54, 1.807) is 21.9 Å². The molecule has 0 bridgehead atoms. The molecule has 8 heteroatoms. The van der Waals surface area contributed by atoms with E-state index in [4.69, 9.17) is 0 Å². The number of hydrogen-bond acceptors (Lipinski definition) is 3. The molecule has 4 rings (SSSR count). The second-order valence-electron chi connectivity index (χ2n) is 8.37. The summed E-state index contributed by atoms with van der Waals surface area (Å²) in [6, 6.07) is 13.4. The molecule has 168 valence electrons. The van der Waals surface area contributed by atoms with Crippen molar-refractivity contribution >= 4 is 23.5 Å². The van der Waals surface area contributed by atoms with Gasteiger partial charge in [-0.25, -0.2) is 9.18 Å². The summed E-state index contributed by atoms with van der Waals surface area (Å²) < 4.78 is 13.1. The number of urea groups is 1. The van der Waals surface area contributed by atoms with E-state index < -0.39 is 11.8 Å². The lowest BCUT2D eigenvalue weighted by atomic mass is 10.0. The molecule has 0 spiro atoms. The third-order valence-electron chi connectivity index (χ3n) is 6.09. The Morgan fingerprint density at radius 3 is 2.41 bits per heavy atom. The van der Waals surface area contributed by atoms with Crippen molar-refractivity contribution in [2.24, 2.45) is 0 Å². The lowest BCUT2D eigenvalue weighted by molar-refractivity contribution is -0.158. The summed E-state index contributed by atoms with van der Waals surface area (Å²) in [5, 5.41) is 2.92. The van der Waals surface area contributed by atoms with E-state index in [1.807, 2.05) is 31.2 Å². The molecule has 2 fully saturated rings. The minimum absolute atomic E-state index is 0.0533. The van der Waals surface area contributed by atoms with Crippen LogP contribution in [0.2, 0.25) is 0 Å². The van der Waals surface area contributed by atoms with E-state index in [9.17, 15) is 18.8 Å². The molecule has 0 saturated carbocycles. The number of aryl methyl sites for hydroxylation is 1. The van der Waals surface area contributed by atoms with Crippen LogP contribution in [0.4, 0.5) is 14.9 Å². The highest BCUT2D eigenvalue weighted by Gasteiger charge is 2.38. The zero-order chi connectivity index (χ0) is 22.7. The first kappa shape index (κ1) is 21.8. The van der Waals surface area contributed by atoms with Crippen molar-refractivity contribution in [3.05, 3.63) is 65.5 Å². The van der Waals surface area contributed by atoms with E-state index in [2.05, 4.69) is 5.32 Å². The molecule has 0 atom stereocenters. The predicted molar refractivity (Wildman–Crippen MR) is 118 cm³/mol. The maximum Gasteiger partial charge on any atom is 0.321 e. The van der Waals surface area contributed by atoms with Gasteiger partial charge < -0.3 is 20.0 Å². The van der Waals surface area contributed by atoms with Gasteiger partial charge in [0.05, 0.1) is 0 Å². The van der Waals surface area contributed by atoms with Crippen LogP contribution in [0.15, 0.2) is 48.5 Å². The summed E-state index contributed by atoms with van der Waals surface area (Å²) in [7, 11) is 0. The zero-order valence-corrected chi connectivity index (χ0v) is 18.1. The Hall–Kier alpha value is -3.42. The average molecular weight is 439 g/mol. The topological polar surface area (TPSA) is 73.0 Å². The summed E-state index contributed by atoms with van der Waals surface area (Å²) in [5.74, 6) is -1.36. The molecule has 7 nitrogen and oxygen atoms in total. The van der Waals surface area contributed by atoms with E-state index in [0.717, 1.165) is 16.8 Å². The van der Waals surface area contributed by atoms with Crippen molar-refractivity contribution in [3.63, 3.8) is 0 Å². The van der Waals surface area contributed by atoms with Gasteiger partial charge in [0, 0.05) is 44.5 Å². The van der Waals surface area contributed by atoms with Crippen molar-refractivity contribution in [1.82, 2.24) is 14.7 Å². The highest BCUT2D eigenvalue weighted by atomic mass is 19.1. The minimum atomic E-state index is -0.528. The van der Waals surface area contributed by atoms with Gasteiger partial charge >= 0.3 is 17.8 Å². The fourth-order valence-corrected chi connectivity index (χ4v) is 4.31. The van der Waals surface area contributed by atoms with Crippen LogP contribution in [-0.4, -0.2) is 64.8 Å². The van der Waals surface area contributed by atoms with Gasteiger partial charge in [0.25, 0.3) is 0 Å². The third kappa shape index (κ3) is 4.90. The van der Waals surface area contributed by atoms with Crippen LogP contribution in [0.5, 0.6) is 0 Å². The lowest BCUT2D eigenvalue weighted by Gasteiger charge is -2.42. The largest absolute Gasteiger partial charge is 0.330 e. The van der Waals surface area contributed by atoms with Crippen molar-refractivity contribution in [2.45, 2.75) is 32.4 Å². The molecule has 0 unspecified atom stereocenters. The third-order valence-corrected chi connectivity index (χ3v) is 6.09. The number of piperazine rings is 1. The average Bonchev–Trinajstić information content (AvgIpc) is 2.79. The van der Waals surface area contributed by atoms with E-state index >= 15 is 0 Å². The summed E-state index contributed by atoms with van der Waals surface area (Å²) in [5.41, 5.74) is 2.62. The van der Waals surface area contributed by atoms with Gasteiger partial charge in [0.1, 0.15) is 5.82 Å². The van der Waals surface area contributed by atoms with Crippen LogP contribution in [-0.2, 0) is 16.1 Å². The van der Waals surface area contributed by atoms with Gasteiger partial charge in [-0.05, 0) is 55.2 Å². The van der Waals surface area contributed by atoms with Gasteiger partial charge in [-0.1, -0.05) is 24.3 Å². The summed E-state index contributed by atoms with van der Waals surface area (Å²) >= 11 is 0. The Kier molecular flexibility index (Phi) is 6.39. The van der Waals surface area contributed by atoms with Crippen LogP contribution in [0, 0.1) is 12.7 Å². The Balaban J connectivity index is 1.29. The molecule has 2 aromatic rings. The van der Waals surface area contributed by atoms with E-state index in [-0.39, 0.29) is 24.4 Å². The van der Waals surface area contributed by atoms with Crippen LogP contribution in [0.25, 0.3) is 0 Å². The first-order valence-electron chi connectivity index (χ1n) is 10.9. The first-order chi connectivity index (χ1) is 15.4. The van der Waals surface area contributed by atoms with Crippen LogP contribution in [0.1, 0.15) is 24.0 Å². The zero-order valence-electron chi connectivity index (χ0n) is 18.1. The molecule has 2 aliphatic heterocycles. The van der Waals surface area contributed by atoms with Gasteiger partial charge in [0.2, 0.25) is 0 Å². The summed E-state index contributed by atoms with van der Waals surface area (Å²) in [6.07, 6.45) is 1.27. The van der Waals surface area contributed by atoms with Crippen molar-refractivity contribution in [1.29, 1.82) is 0 Å². The molecule has 2 heterocycles. The molecule has 32 heavy (non-hydrogen) atoms. The van der Waals surface area contributed by atoms with Gasteiger partial charge in [-0.2, -0.15) is 0 Å². The van der Waals surface area contributed by atoms with Crippen molar-refractivity contribution in [2.75, 3.05) is 31.5 Å². The van der Waals surface area contributed by atoms with Crippen LogP contribution in [0.3, 0.4) is 0 Å². The van der Waals surface area contributed by atoms with Gasteiger partial charge in [0.15, 0.2) is 0 Å². The van der Waals surface area contributed by atoms with Crippen LogP contribution < -0.4 is 5.32 Å². The van der Waals surface area contributed by atoms with E-state index in [0.29, 0.717) is 39.0 Å². The number of nitrogens with one attached hydrogen (secondary N) is 1. The second-order valence-corrected chi connectivity index (χ2v) is 8.37. The molecule has 4 amide bonds. The Morgan fingerprint density at radius 2 is 1.72 bits per heavy atom. The molecular formula is C24H27FN4O3. The molecule has 0 aliphatic carbocycles. The smallest absolute Gasteiger partial charge is 0.321 e. The molecule has 0 aromatic heterocycles. The quantitative estimate of drug-likeness (QED) is 0.746. The maximum absolute atomic E-state index is 13.1. The van der Waals surface area contributed by atoms with E-state index in [1.165, 1.54) is 17.0 Å². The molecule has 2 saturated heterocycles. The summed E-state index contributed by atoms with van der Waals surface area (Å²) in [6.45, 7) is 4.22. The number of halogens is 1. The lowest BCUT2D eigenvalue weighted by Crippen LogP contribution is -2.59. The fourth-order valence-electron chi connectivity index (χ4n) is 4.31. The number of likely N-dealkylation sites (tertiary alicyclic amines) is 1. The minimum Gasteiger partial charge on any atom is -0.330 e. The number of rotatable bonds is 4. The fraction of sp³-hybridized carbons (Fsp3) is 0.375. The van der Waals surface area contributed by atoms with Gasteiger partial charge in [-0.3, -0.25) is 9.59 Å².